The monoisotopic (exact) mass is 362 g/mol. The van der Waals surface area contributed by atoms with Crippen LogP contribution < -0.4 is 0 Å². The average molecular weight is 363 g/mol. The van der Waals surface area contributed by atoms with Crippen molar-refractivity contribution in [2.75, 3.05) is 0 Å². The van der Waals surface area contributed by atoms with Gasteiger partial charge in [0.25, 0.3) is 0 Å². The molecular weight excluding hydrogens is 332 g/mol. The SMILES string of the molecule is CC(C)(C)[Si](C)(C)O[C@H]1C[C@@H]2CC[C@H]1C(=O)[C@H]2Sc1ccccc1. The molecule has 3 fully saturated rings. The maximum absolute atomic E-state index is 13.1. The summed E-state index contributed by atoms with van der Waals surface area (Å²) < 4.78 is 6.65. The summed E-state index contributed by atoms with van der Waals surface area (Å²) in [6.07, 6.45) is 3.42. The van der Waals surface area contributed by atoms with Crippen LogP contribution in [0.1, 0.15) is 40.0 Å². The summed E-state index contributed by atoms with van der Waals surface area (Å²) in [5, 5.41) is 0.329. The van der Waals surface area contributed by atoms with E-state index in [9.17, 15) is 4.79 Å². The van der Waals surface area contributed by atoms with Gasteiger partial charge in [-0.2, -0.15) is 0 Å². The normalized spacial score (nSPS) is 30.6. The molecule has 4 atom stereocenters. The molecule has 0 aromatic heterocycles. The molecule has 0 saturated heterocycles. The van der Waals surface area contributed by atoms with Gasteiger partial charge in [-0.1, -0.05) is 39.0 Å². The van der Waals surface area contributed by atoms with Gasteiger partial charge < -0.3 is 4.43 Å². The zero-order valence-corrected chi connectivity index (χ0v) is 17.4. The second kappa shape index (κ2) is 6.62. The largest absolute Gasteiger partial charge is 0.413 e. The number of hydrogen-bond acceptors (Lipinski definition) is 3. The second-order valence-corrected chi connectivity index (χ2v) is 14.8. The maximum atomic E-state index is 13.1. The Kier molecular flexibility index (Phi) is 5.02. The molecule has 2 nitrogen and oxygen atoms in total. The van der Waals surface area contributed by atoms with E-state index in [1.165, 1.54) is 11.3 Å². The molecule has 132 valence electrons. The molecule has 2 bridgehead atoms. The Labute approximate surface area is 151 Å². The van der Waals surface area contributed by atoms with Gasteiger partial charge in [-0.05, 0) is 55.4 Å². The summed E-state index contributed by atoms with van der Waals surface area (Å²) in [4.78, 5) is 14.3. The summed E-state index contributed by atoms with van der Waals surface area (Å²) in [5.41, 5.74) is 0. The molecule has 0 heterocycles. The van der Waals surface area contributed by atoms with Crippen LogP contribution in [0.2, 0.25) is 18.1 Å². The van der Waals surface area contributed by atoms with Crippen LogP contribution in [-0.2, 0) is 9.22 Å². The smallest absolute Gasteiger partial charge is 0.192 e. The highest BCUT2D eigenvalue weighted by atomic mass is 32.2. The lowest BCUT2D eigenvalue weighted by atomic mass is 9.68. The van der Waals surface area contributed by atoms with Crippen LogP contribution in [0.4, 0.5) is 0 Å². The molecule has 4 heteroatoms. The highest BCUT2D eigenvalue weighted by molar-refractivity contribution is 8.00. The van der Waals surface area contributed by atoms with Crippen molar-refractivity contribution in [1.82, 2.24) is 0 Å². The predicted molar refractivity (Wildman–Crippen MR) is 104 cm³/mol. The van der Waals surface area contributed by atoms with Gasteiger partial charge in [-0.3, -0.25) is 4.79 Å². The third-order valence-electron chi connectivity index (χ3n) is 6.16. The van der Waals surface area contributed by atoms with Crippen molar-refractivity contribution in [2.45, 2.75) is 74.4 Å². The number of fused-ring (bicyclic) bond motifs is 3. The molecule has 3 aliphatic rings. The van der Waals surface area contributed by atoms with Gasteiger partial charge in [-0.25, -0.2) is 0 Å². The topological polar surface area (TPSA) is 26.3 Å². The van der Waals surface area contributed by atoms with E-state index in [1.807, 2.05) is 6.07 Å². The van der Waals surface area contributed by atoms with Crippen LogP contribution in [0.5, 0.6) is 0 Å². The molecule has 0 radical (unpaired) electrons. The molecule has 3 aliphatic carbocycles. The van der Waals surface area contributed by atoms with E-state index in [-0.39, 0.29) is 22.3 Å². The van der Waals surface area contributed by atoms with Crippen molar-refractivity contribution in [3.63, 3.8) is 0 Å². The Morgan fingerprint density at radius 1 is 1.12 bits per heavy atom. The van der Waals surface area contributed by atoms with Crippen molar-refractivity contribution in [2.24, 2.45) is 11.8 Å². The van der Waals surface area contributed by atoms with E-state index in [1.54, 1.807) is 11.8 Å². The fourth-order valence-electron chi connectivity index (χ4n) is 3.69. The van der Waals surface area contributed by atoms with Gasteiger partial charge in [-0.15, -0.1) is 11.8 Å². The van der Waals surface area contributed by atoms with E-state index in [4.69, 9.17) is 4.43 Å². The van der Waals surface area contributed by atoms with E-state index >= 15 is 0 Å². The summed E-state index contributed by atoms with van der Waals surface area (Å²) in [6, 6.07) is 10.4. The van der Waals surface area contributed by atoms with Crippen LogP contribution in [0.3, 0.4) is 0 Å². The highest BCUT2D eigenvalue weighted by Gasteiger charge is 2.51. The van der Waals surface area contributed by atoms with Gasteiger partial charge in [0.05, 0.1) is 11.4 Å². The lowest BCUT2D eigenvalue weighted by molar-refractivity contribution is -0.134. The van der Waals surface area contributed by atoms with Gasteiger partial charge in [0, 0.05) is 10.8 Å². The zero-order chi connectivity index (χ0) is 17.5. The van der Waals surface area contributed by atoms with Gasteiger partial charge in [0.15, 0.2) is 14.1 Å². The summed E-state index contributed by atoms with van der Waals surface area (Å²) in [7, 11) is -1.81. The maximum Gasteiger partial charge on any atom is 0.192 e. The van der Waals surface area contributed by atoms with E-state index in [0.717, 1.165) is 12.8 Å². The number of carbonyl (C=O) groups excluding carboxylic acids is 1. The van der Waals surface area contributed by atoms with Crippen LogP contribution >= 0.6 is 11.8 Å². The van der Waals surface area contributed by atoms with Crippen molar-refractivity contribution >= 4 is 25.9 Å². The molecule has 1 aromatic carbocycles. The predicted octanol–water partition coefficient (Wildman–Crippen LogP) is 5.54. The quantitative estimate of drug-likeness (QED) is 0.658. The molecule has 24 heavy (non-hydrogen) atoms. The minimum absolute atomic E-state index is 0.116. The molecule has 0 aliphatic heterocycles. The lowest BCUT2D eigenvalue weighted by Gasteiger charge is -2.49. The van der Waals surface area contributed by atoms with Crippen molar-refractivity contribution in [3.8, 4) is 0 Å². The Morgan fingerprint density at radius 3 is 2.38 bits per heavy atom. The fraction of sp³-hybridized carbons (Fsp3) is 0.650. The average Bonchev–Trinajstić information content (AvgIpc) is 2.50. The van der Waals surface area contributed by atoms with Crippen molar-refractivity contribution in [3.05, 3.63) is 30.3 Å². The lowest BCUT2D eigenvalue weighted by Crippen LogP contribution is -2.55. The van der Waals surface area contributed by atoms with Crippen LogP contribution in [0.25, 0.3) is 0 Å². The number of ketones is 1. The molecular formula is C20H30O2SSi. The molecule has 0 N–H and O–H groups in total. The number of hydrogen-bond donors (Lipinski definition) is 0. The first kappa shape index (κ1) is 18.2. The van der Waals surface area contributed by atoms with E-state index in [2.05, 4.69) is 58.1 Å². The third kappa shape index (κ3) is 3.51. The Balaban J connectivity index is 1.72. The fourth-order valence-corrected chi connectivity index (χ4v) is 6.40. The molecule has 0 amide bonds. The number of rotatable bonds is 4. The zero-order valence-electron chi connectivity index (χ0n) is 15.5. The molecule has 0 spiro atoms. The van der Waals surface area contributed by atoms with Gasteiger partial charge in [0.2, 0.25) is 0 Å². The minimum atomic E-state index is -1.81. The molecule has 0 unspecified atom stereocenters. The van der Waals surface area contributed by atoms with Crippen LogP contribution in [-0.4, -0.2) is 25.5 Å². The van der Waals surface area contributed by atoms with E-state index < -0.39 is 8.32 Å². The number of benzene rings is 1. The van der Waals surface area contributed by atoms with Gasteiger partial charge >= 0.3 is 0 Å². The second-order valence-electron chi connectivity index (χ2n) is 8.85. The first-order valence-corrected chi connectivity index (χ1v) is 12.9. The number of carbonyl (C=O) groups is 1. The van der Waals surface area contributed by atoms with Crippen LogP contribution in [0, 0.1) is 11.8 Å². The first-order chi connectivity index (χ1) is 11.2. The third-order valence-corrected chi connectivity index (χ3v) is 12.1. The van der Waals surface area contributed by atoms with Crippen molar-refractivity contribution in [1.29, 1.82) is 0 Å². The van der Waals surface area contributed by atoms with E-state index in [0.29, 0.717) is 11.7 Å². The number of thioether (sulfide) groups is 1. The highest BCUT2D eigenvalue weighted by Crippen LogP contribution is 2.49. The van der Waals surface area contributed by atoms with Crippen LogP contribution in [0.15, 0.2) is 35.2 Å². The standard InChI is InChI=1S/C20H30O2SSi/c1-20(2,3)24(4,5)22-17-13-14-11-12-16(17)18(21)19(14)23-15-9-7-6-8-10-15/h6-10,14,16-17,19H,11-13H2,1-5H3/t14-,16+,17-,19-/m0/s1. The first-order valence-electron chi connectivity index (χ1n) is 9.12. The summed E-state index contributed by atoms with van der Waals surface area (Å²) in [6.45, 7) is 11.4. The molecule has 1 aromatic rings. The molecule has 3 saturated carbocycles. The molecule has 4 rings (SSSR count). The Morgan fingerprint density at radius 2 is 1.79 bits per heavy atom. The van der Waals surface area contributed by atoms with Crippen molar-refractivity contribution < 1.29 is 9.22 Å². The Bertz CT molecular complexity index is 593. The van der Waals surface area contributed by atoms with Gasteiger partial charge in [0.1, 0.15) is 0 Å². The number of Topliss-reactive ketones (excluding diaryl/α,β-unsaturated/α-hetero) is 1. The Hall–Kier alpha value is -0.583. The summed E-state index contributed by atoms with van der Waals surface area (Å²) >= 11 is 1.77. The minimum Gasteiger partial charge on any atom is -0.413 e. The summed E-state index contributed by atoms with van der Waals surface area (Å²) in [5.74, 6) is 1.03.